The summed E-state index contributed by atoms with van der Waals surface area (Å²) in [4.78, 5) is 4.35. The second-order valence-electron chi connectivity index (χ2n) is 4.51. The highest BCUT2D eigenvalue weighted by Crippen LogP contribution is 2.22. The van der Waals surface area contributed by atoms with Crippen LogP contribution in [0.1, 0.15) is 24.2 Å². The molecule has 2 rings (SSSR count). The number of aryl methyl sites for hydroxylation is 1. The van der Waals surface area contributed by atoms with Gasteiger partial charge in [-0.05, 0) is 31.7 Å². The molecule has 0 radical (unpaired) electrons. The van der Waals surface area contributed by atoms with Gasteiger partial charge in [-0.1, -0.05) is 23.7 Å². The normalized spacial score (nSPS) is 12.6. The number of benzene rings is 1. The molecule has 4 nitrogen and oxygen atoms in total. The fourth-order valence-corrected chi connectivity index (χ4v) is 2.44. The molecule has 0 aliphatic carbocycles. The quantitative estimate of drug-likeness (QED) is 0.883. The maximum atomic E-state index is 6.08. The lowest BCUT2D eigenvalue weighted by Crippen LogP contribution is -2.21. The SMILES string of the molecule is CCn1ncnc1CC(CNC)c1cccc(Cl)c1. The van der Waals surface area contributed by atoms with Crippen LogP contribution in [0, 0.1) is 0 Å². The molecule has 0 bridgehead atoms. The average molecular weight is 279 g/mol. The van der Waals surface area contributed by atoms with Gasteiger partial charge in [-0.25, -0.2) is 4.98 Å². The number of hydrogen-bond donors (Lipinski definition) is 1. The van der Waals surface area contributed by atoms with Gasteiger partial charge in [-0.15, -0.1) is 0 Å². The first-order valence-corrected chi connectivity index (χ1v) is 6.89. The first kappa shape index (κ1) is 14.0. The molecule has 1 N–H and O–H groups in total. The predicted octanol–water partition coefficient (Wildman–Crippen LogP) is 2.50. The van der Waals surface area contributed by atoms with Crippen LogP contribution in [-0.2, 0) is 13.0 Å². The fraction of sp³-hybridized carbons (Fsp3) is 0.429. The molecular weight excluding hydrogens is 260 g/mol. The van der Waals surface area contributed by atoms with E-state index in [1.807, 2.05) is 29.9 Å². The molecule has 0 fully saturated rings. The highest BCUT2D eigenvalue weighted by molar-refractivity contribution is 6.30. The standard InChI is InChI=1S/C14H19ClN4/c1-3-19-14(17-10-18-19)8-12(9-16-2)11-5-4-6-13(15)7-11/h4-7,10,12,16H,3,8-9H2,1-2H3. The Labute approximate surface area is 118 Å². The van der Waals surface area contributed by atoms with Gasteiger partial charge in [-0.3, -0.25) is 4.68 Å². The summed E-state index contributed by atoms with van der Waals surface area (Å²) >= 11 is 6.08. The van der Waals surface area contributed by atoms with Crippen molar-refractivity contribution in [2.75, 3.05) is 13.6 Å². The maximum absolute atomic E-state index is 6.08. The van der Waals surface area contributed by atoms with Gasteiger partial charge in [0, 0.05) is 30.5 Å². The Kier molecular flexibility index (Phi) is 4.93. The Bertz CT molecular complexity index is 524. The van der Waals surface area contributed by atoms with Gasteiger partial charge in [-0.2, -0.15) is 5.10 Å². The minimum Gasteiger partial charge on any atom is -0.319 e. The van der Waals surface area contributed by atoms with Crippen molar-refractivity contribution in [2.45, 2.75) is 25.8 Å². The Hall–Kier alpha value is -1.39. The molecule has 1 aromatic heterocycles. The van der Waals surface area contributed by atoms with Crippen molar-refractivity contribution in [3.8, 4) is 0 Å². The third kappa shape index (κ3) is 3.55. The van der Waals surface area contributed by atoms with Crippen LogP contribution in [0.2, 0.25) is 5.02 Å². The largest absolute Gasteiger partial charge is 0.319 e. The Morgan fingerprint density at radius 2 is 2.26 bits per heavy atom. The summed E-state index contributed by atoms with van der Waals surface area (Å²) in [5.74, 6) is 1.36. The molecule has 0 saturated heterocycles. The number of nitrogens with one attached hydrogen (secondary N) is 1. The van der Waals surface area contributed by atoms with E-state index in [1.165, 1.54) is 5.56 Å². The van der Waals surface area contributed by atoms with E-state index in [9.17, 15) is 0 Å². The highest BCUT2D eigenvalue weighted by Gasteiger charge is 2.15. The molecule has 102 valence electrons. The van der Waals surface area contributed by atoms with Crippen LogP contribution in [0.15, 0.2) is 30.6 Å². The van der Waals surface area contributed by atoms with Gasteiger partial charge in [0.1, 0.15) is 12.2 Å². The smallest absolute Gasteiger partial charge is 0.138 e. The van der Waals surface area contributed by atoms with E-state index in [-0.39, 0.29) is 0 Å². The first-order chi connectivity index (χ1) is 9.24. The molecule has 1 atom stereocenters. The molecule has 0 aliphatic rings. The van der Waals surface area contributed by atoms with Gasteiger partial charge in [0.2, 0.25) is 0 Å². The highest BCUT2D eigenvalue weighted by atomic mass is 35.5. The van der Waals surface area contributed by atoms with Crippen LogP contribution >= 0.6 is 11.6 Å². The summed E-state index contributed by atoms with van der Waals surface area (Å²) in [5.41, 5.74) is 1.23. The van der Waals surface area contributed by atoms with Gasteiger partial charge in [0.15, 0.2) is 0 Å². The zero-order valence-electron chi connectivity index (χ0n) is 11.3. The van der Waals surface area contributed by atoms with E-state index in [0.717, 1.165) is 30.4 Å². The van der Waals surface area contributed by atoms with E-state index >= 15 is 0 Å². The zero-order chi connectivity index (χ0) is 13.7. The molecule has 0 amide bonds. The number of likely N-dealkylation sites (N-methyl/N-ethyl adjacent to an activating group) is 1. The van der Waals surface area contributed by atoms with Gasteiger partial charge < -0.3 is 5.32 Å². The lowest BCUT2D eigenvalue weighted by molar-refractivity contribution is 0.556. The minimum absolute atomic E-state index is 0.346. The van der Waals surface area contributed by atoms with Crippen LogP contribution < -0.4 is 5.32 Å². The molecule has 19 heavy (non-hydrogen) atoms. The molecule has 0 spiro atoms. The summed E-state index contributed by atoms with van der Waals surface area (Å²) in [6.07, 6.45) is 2.47. The van der Waals surface area contributed by atoms with Gasteiger partial charge in [0.25, 0.3) is 0 Å². The van der Waals surface area contributed by atoms with E-state index in [2.05, 4.69) is 28.4 Å². The van der Waals surface area contributed by atoms with E-state index in [0.29, 0.717) is 5.92 Å². The van der Waals surface area contributed by atoms with Crippen molar-refractivity contribution in [1.82, 2.24) is 20.1 Å². The Morgan fingerprint density at radius 1 is 1.42 bits per heavy atom. The average Bonchev–Trinajstić information content (AvgIpc) is 2.85. The summed E-state index contributed by atoms with van der Waals surface area (Å²) < 4.78 is 1.94. The molecule has 5 heteroatoms. The van der Waals surface area contributed by atoms with E-state index in [1.54, 1.807) is 6.33 Å². The fourth-order valence-electron chi connectivity index (χ4n) is 2.25. The summed E-state index contributed by atoms with van der Waals surface area (Å²) in [5, 5.41) is 8.23. The van der Waals surface area contributed by atoms with Gasteiger partial charge >= 0.3 is 0 Å². The molecule has 0 saturated carbocycles. The Balaban J connectivity index is 2.21. The lowest BCUT2D eigenvalue weighted by atomic mass is 9.95. The third-order valence-electron chi connectivity index (χ3n) is 3.19. The topological polar surface area (TPSA) is 42.7 Å². The number of nitrogens with zero attached hydrogens (tertiary/aromatic N) is 3. The van der Waals surface area contributed by atoms with E-state index < -0.39 is 0 Å². The van der Waals surface area contributed by atoms with Crippen LogP contribution in [0.3, 0.4) is 0 Å². The van der Waals surface area contributed by atoms with Crippen LogP contribution in [0.5, 0.6) is 0 Å². The maximum Gasteiger partial charge on any atom is 0.138 e. The number of halogens is 1. The number of aromatic nitrogens is 3. The first-order valence-electron chi connectivity index (χ1n) is 6.51. The lowest BCUT2D eigenvalue weighted by Gasteiger charge is -2.17. The van der Waals surface area contributed by atoms with Crippen molar-refractivity contribution in [3.63, 3.8) is 0 Å². The number of hydrogen-bond acceptors (Lipinski definition) is 3. The zero-order valence-corrected chi connectivity index (χ0v) is 12.1. The number of rotatable bonds is 6. The molecule has 0 aliphatic heterocycles. The predicted molar refractivity (Wildman–Crippen MR) is 77.5 cm³/mol. The third-order valence-corrected chi connectivity index (χ3v) is 3.43. The van der Waals surface area contributed by atoms with Crippen molar-refractivity contribution < 1.29 is 0 Å². The summed E-state index contributed by atoms with van der Waals surface area (Å²) in [6, 6.07) is 8.03. The van der Waals surface area contributed by atoms with Crippen LogP contribution in [-0.4, -0.2) is 28.4 Å². The van der Waals surface area contributed by atoms with Crippen molar-refractivity contribution in [2.24, 2.45) is 0 Å². The Morgan fingerprint density at radius 3 is 2.95 bits per heavy atom. The molecule has 1 aromatic carbocycles. The van der Waals surface area contributed by atoms with Crippen molar-refractivity contribution in [3.05, 3.63) is 47.0 Å². The van der Waals surface area contributed by atoms with Crippen LogP contribution in [0.25, 0.3) is 0 Å². The second-order valence-corrected chi connectivity index (χ2v) is 4.94. The molecular formula is C14H19ClN4. The minimum atomic E-state index is 0.346. The van der Waals surface area contributed by atoms with Crippen molar-refractivity contribution >= 4 is 11.6 Å². The molecule has 1 unspecified atom stereocenters. The van der Waals surface area contributed by atoms with Crippen molar-refractivity contribution in [1.29, 1.82) is 0 Å². The van der Waals surface area contributed by atoms with Crippen LogP contribution in [0.4, 0.5) is 0 Å². The summed E-state index contributed by atoms with van der Waals surface area (Å²) in [7, 11) is 1.96. The monoisotopic (exact) mass is 278 g/mol. The molecule has 2 aromatic rings. The van der Waals surface area contributed by atoms with Gasteiger partial charge in [0.05, 0.1) is 0 Å². The second kappa shape index (κ2) is 6.68. The van der Waals surface area contributed by atoms with E-state index in [4.69, 9.17) is 11.6 Å². The summed E-state index contributed by atoms with van der Waals surface area (Å²) in [6.45, 7) is 3.80. The molecule has 1 heterocycles.